The van der Waals surface area contributed by atoms with Crippen molar-refractivity contribution in [2.24, 2.45) is 5.14 Å². The van der Waals surface area contributed by atoms with Gasteiger partial charge in [-0.1, -0.05) is 18.2 Å². The highest BCUT2D eigenvalue weighted by Gasteiger charge is 2.51. The van der Waals surface area contributed by atoms with Crippen LogP contribution in [0.5, 0.6) is 17.2 Å². The van der Waals surface area contributed by atoms with Gasteiger partial charge in [-0.2, -0.15) is 0 Å². The van der Waals surface area contributed by atoms with E-state index in [0.29, 0.717) is 28.5 Å². The molecule has 2 aliphatic rings. The SMILES string of the molecule is COc1ccc(NC(=O)C2(c3ccc4c(c3)OCO4)CC2)cc1-c1ccc(S(N)(=O)=O)cc1. The molecule has 1 aliphatic heterocycles. The van der Waals surface area contributed by atoms with Gasteiger partial charge in [0.05, 0.1) is 17.4 Å². The van der Waals surface area contributed by atoms with Crippen LogP contribution >= 0.6 is 0 Å². The fourth-order valence-electron chi connectivity index (χ4n) is 4.05. The number of hydrogen-bond donors (Lipinski definition) is 2. The molecule has 0 unspecified atom stereocenters. The molecule has 3 aromatic carbocycles. The van der Waals surface area contributed by atoms with Crippen LogP contribution < -0.4 is 24.7 Å². The van der Waals surface area contributed by atoms with Crippen LogP contribution in [0.2, 0.25) is 0 Å². The Kier molecular flexibility index (Phi) is 5.02. The Morgan fingerprint density at radius 3 is 2.39 bits per heavy atom. The summed E-state index contributed by atoms with van der Waals surface area (Å²) in [7, 11) is -2.24. The number of carbonyl (C=O) groups excluding carboxylic acids is 1. The van der Waals surface area contributed by atoms with Crippen LogP contribution in [-0.4, -0.2) is 28.2 Å². The molecule has 0 radical (unpaired) electrons. The highest BCUT2D eigenvalue weighted by atomic mass is 32.2. The van der Waals surface area contributed by atoms with E-state index in [2.05, 4.69) is 5.32 Å². The first-order valence-corrected chi connectivity index (χ1v) is 11.9. The number of ether oxygens (including phenoxy) is 3. The lowest BCUT2D eigenvalue weighted by molar-refractivity contribution is -0.118. The number of hydrogen-bond acceptors (Lipinski definition) is 6. The second kappa shape index (κ2) is 7.79. The van der Waals surface area contributed by atoms with E-state index in [1.54, 1.807) is 37.4 Å². The monoisotopic (exact) mass is 466 g/mol. The quantitative estimate of drug-likeness (QED) is 0.575. The first kappa shape index (κ1) is 21.3. The van der Waals surface area contributed by atoms with Crippen molar-refractivity contribution in [1.82, 2.24) is 0 Å². The Morgan fingerprint density at radius 2 is 1.73 bits per heavy atom. The minimum atomic E-state index is -3.79. The van der Waals surface area contributed by atoms with E-state index in [1.165, 1.54) is 12.1 Å². The summed E-state index contributed by atoms with van der Waals surface area (Å²) in [5.74, 6) is 1.83. The maximum Gasteiger partial charge on any atom is 0.238 e. The molecular weight excluding hydrogens is 444 g/mol. The van der Waals surface area contributed by atoms with E-state index in [4.69, 9.17) is 19.3 Å². The van der Waals surface area contributed by atoms with Gasteiger partial charge >= 0.3 is 0 Å². The lowest BCUT2D eigenvalue weighted by atomic mass is 9.94. The lowest BCUT2D eigenvalue weighted by Crippen LogP contribution is -2.27. The molecule has 0 atom stereocenters. The van der Waals surface area contributed by atoms with E-state index in [9.17, 15) is 13.2 Å². The third-order valence-corrected chi connectivity index (χ3v) is 6.99. The number of carbonyl (C=O) groups is 1. The molecule has 8 nitrogen and oxygen atoms in total. The van der Waals surface area contributed by atoms with Crippen molar-refractivity contribution < 1.29 is 27.4 Å². The summed E-state index contributed by atoms with van der Waals surface area (Å²) in [6.45, 7) is 0.185. The van der Waals surface area contributed by atoms with Gasteiger partial charge in [-0.3, -0.25) is 4.79 Å². The number of rotatable bonds is 6. The highest BCUT2D eigenvalue weighted by Crippen LogP contribution is 2.51. The Labute approximate surface area is 191 Å². The highest BCUT2D eigenvalue weighted by molar-refractivity contribution is 7.89. The van der Waals surface area contributed by atoms with Gasteiger partial charge in [-0.25, -0.2) is 13.6 Å². The number of sulfonamides is 1. The molecule has 1 aliphatic carbocycles. The van der Waals surface area contributed by atoms with Gasteiger partial charge < -0.3 is 19.5 Å². The first-order valence-electron chi connectivity index (χ1n) is 10.3. The Morgan fingerprint density at radius 1 is 1.00 bits per heavy atom. The van der Waals surface area contributed by atoms with Gasteiger partial charge in [0.15, 0.2) is 11.5 Å². The zero-order valence-electron chi connectivity index (χ0n) is 17.8. The van der Waals surface area contributed by atoms with Crippen molar-refractivity contribution in [1.29, 1.82) is 0 Å². The molecule has 5 rings (SSSR count). The van der Waals surface area contributed by atoms with Crippen LogP contribution in [0.15, 0.2) is 65.6 Å². The molecule has 3 aromatic rings. The fourth-order valence-corrected chi connectivity index (χ4v) is 4.57. The van der Waals surface area contributed by atoms with Crippen molar-refractivity contribution in [2.75, 3.05) is 19.2 Å². The minimum absolute atomic E-state index is 0.0223. The predicted octanol–water partition coefficient (Wildman–Crippen LogP) is 3.41. The molecule has 9 heteroatoms. The van der Waals surface area contributed by atoms with Crippen molar-refractivity contribution >= 4 is 21.6 Å². The minimum Gasteiger partial charge on any atom is -0.496 e. The summed E-state index contributed by atoms with van der Waals surface area (Å²) in [6.07, 6.45) is 1.49. The maximum atomic E-state index is 13.3. The number of nitrogens with one attached hydrogen (secondary N) is 1. The number of anilines is 1. The number of amides is 1. The van der Waals surface area contributed by atoms with Crippen LogP contribution in [0.25, 0.3) is 11.1 Å². The molecule has 0 spiro atoms. The zero-order valence-corrected chi connectivity index (χ0v) is 18.6. The molecule has 1 saturated carbocycles. The van der Waals surface area contributed by atoms with E-state index >= 15 is 0 Å². The normalized spacial score (nSPS) is 15.7. The van der Waals surface area contributed by atoms with Crippen LogP contribution in [0.4, 0.5) is 5.69 Å². The van der Waals surface area contributed by atoms with Crippen molar-refractivity contribution in [2.45, 2.75) is 23.2 Å². The van der Waals surface area contributed by atoms with Crippen LogP contribution in [-0.2, 0) is 20.2 Å². The Hall–Kier alpha value is -3.56. The van der Waals surface area contributed by atoms with Gasteiger partial charge in [-0.15, -0.1) is 0 Å². The number of fused-ring (bicyclic) bond motifs is 1. The van der Waals surface area contributed by atoms with E-state index in [1.807, 2.05) is 18.2 Å². The van der Waals surface area contributed by atoms with Crippen LogP contribution in [0.3, 0.4) is 0 Å². The van der Waals surface area contributed by atoms with Gasteiger partial charge in [-0.05, 0) is 66.4 Å². The summed E-state index contributed by atoms with van der Waals surface area (Å²) >= 11 is 0. The third kappa shape index (κ3) is 3.90. The molecule has 170 valence electrons. The van der Waals surface area contributed by atoms with Crippen LogP contribution in [0.1, 0.15) is 18.4 Å². The average molecular weight is 467 g/mol. The Bertz CT molecular complexity index is 1350. The number of methoxy groups -OCH3 is 1. The zero-order chi connectivity index (χ0) is 23.2. The summed E-state index contributed by atoms with van der Waals surface area (Å²) < 4.78 is 39.4. The van der Waals surface area contributed by atoms with Gasteiger partial charge in [0.2, 0.25) is 22.7 Å². The van der Waals surface area contributed by atoms with E-state index in [-0.39, 0.29) is 17.6 Å². The van der Waals surface area contributed by atoms with Crippen LogP contribution in [0, 0.1) is 0 Å². The Balaban J connectivity index is 1.42. The summed E-state index contributed by atoms with van der Waals surface area (Å²) in [5.41, 5.74) is 2.35. The predicted molar refractivity (Wildman–Crippen MR) is 122 cm³/mol. The molecule has 0 bridgehead atoms. The summed E-state index contributed by atoms with van der Waals surface area (Å²) in [6, 6.07) is 17.1. The van der Waals surface area contributed by atoms with Gasteiger partial charge in [0.25, 0.3) is 0 Å². The molecule has 33 heavy (non-hydrogen) atoms. The summed E-state index contributed by atoms with van der Waals surface area (Å²) in [4.78, 5) is 13.3. The first-order chi connectivity index (χ1) is 15.8. The van der Waals surface area contributed by atoms with Gasteiger partial charge in [0, 0.05) is 11.3 Å². The number of benzene rings is 3. The second-order valence-electron chi connectivity index (χ2n) is 8.09. The summed E-state index contributed by atoms with van der Waals surface area (Å²) in [5, 5.41) is 8.22. The van der Waals surface area contributed by atoms with Crippen molar-refractivity contribution in [3.8, 4) is 28.4 Å². The van der Waals surface area contributed by atoms with E-state index in [0.717, 1.165) is 24.0 Å². The second-order valence-corrected chi connectivity index (χ2v) is 9.65. The molecule has 0 saturated heterocycles. The third-order valence-electron chi connectivity index (χ3n) is 6.06. The molecule has 3 N–H and O–H groups in total. The molecular formula is C24H22N2O6S. The van der Waals surface area contributed by atoms with E-state index < -0.39 is 15.4 Å². The van der Waals surface area contributed by atoms with Gasteiger partial charge in [0.1, 0.15) is 5.75 Å². The largest absolute Gasteiger partial charge is 0.496 e. The smallest absolute Gasteiger partial charge is 0.238 e. The molecule has 1 fully saturated rings. The lowest BCUT2D eigenvalue weighted by Gasteiger charge is -2.18. The standard InChI is InChI=1S/C24H22N2O6S/c1-30-20-9-5-17(13-19(20)15-2-6-18(7-3-15)33(25,28)29)26-23(27)24(10-11-24)16-4-8-21-22(12-16)32-14-31-21/h2-9,12-13H,10-11,14H2,1H3,(H,26,27)(H2,25,28,29). The topological polar surface area (TPSA) is 117 Å². The number of nitrogens with two attached hydrogens (primary N) is 1. The molecule has 1 amide bonds. The fraction of sp³-hybridized carbons (Fsp3) is 0.208. The molecule has 0 aromatic heterocycles. The maximum absolute atomic E-state index is 13.3. The molecule has 1 heterocycles. The number of primary sulfonamides is 1. The van der Waals surface area contributed by atoms with Crippen molar-refractivity contribution in [3.63, 3.8) is 0 Å². The van der Waals surface area contributed by atoms with Crippen molar-refractivity contribution in [3.05, 3.63) is 66.2 Å². The average Bonchev–Trinajstić information content (AvgIpc) is 3.49.